The van der Waals surface area contributed by atoms with Crippen molar-refractivity contribution in [3.63, 3.8) is 0 Å². The molecular weight excluding hydrogens is 376 g/mol. The molecule has 1 rings (SSSR count). The first-order valence-corrected chi connectivity index (χ1v) is 9.56. The molecule has 0 saturated carbocycles. The van der Waals surface area contributed by atoms with Gasteiger partial charge in [-0.05, 0) is 11.6 Å². The van der Waals surface area contributed by atoms with Gasteiger partial charge in [-0.2, -0.15) is 0 Å². The number of anilines is 1. The van der Waals surface area contributed by atoms with Crippen LogP contribution in [-0.2, 0) is 4.79 Å². The monoisotopic (exact) mass is 406 g/mol. The molecule has 1 aromatic rings. The summed E-state index contributed by atoms with van der Waals surface area (Å²) >= 11 is 0. The first kappa shape index (κ1) is 24.2. The van der Waals surface area contributed by atoms with E-state index in [9.17, 15) is 14.9 Å². The second-order valence-corrected chi connectivity index (χ2v) is 7.10. The predicted octanol–water partition coefficient (Wildman–Crippen LogP) is 2.77. The zero-order chi connectivity index (χ0) is 21.8. The fourth-order valence-corrected chi connectivity index (χ4v) is 2.55. The normalized spacial score (nSPS) is 10.7. The van der Waals surface area contributed by atoms with Crippen LogP contribution in [-0.4, -0.2) is 60.5 Å². The van der Waals surface area contributed by atoms with Gasteiger partial charge in [-0.25, -0.2) is 0 Å². The fraction of sp³-hybridized carbons (Fsp3) is 0.611. The Morgan fingerprint density at radius 1 is 1.21 bits per heavy atom. The van der Waals surface area contributed by atoms with E-state index in [0.717, 1.165) is 0 Å². The second kappa shape index (κ2) is 12.6. The fourth-order valence-electron chi connectivity index (χ4n) is 2.55. The molecule has 0 heterocycles. The summed E-state index contributed by atoms with van der Waals surface area (Å²) in [6.45, 7) is 10.5. The van der Waals surface area contributed by atoms with Crippen LogP contribution in [0.4, 0.5) is 17.1 Å². The Kier molecular flexibility index (Phi) is 10.5. The maximum Gasteiger partial charge on any atom is 0.292 e. The summed E-state index contributed by atoms with van der Waals surface area (Å²) in [6.07, 6.45) is 0. The van der Waals surface area contributed by atoms with E-state index >= 15 is 0 Å². The predicted molar refractivity (Wildman–Crippen MR) is 113 cm³/mol. The van der Waals surface area contributed by atoms with Crippen LogP contribution in [0.15, 0.2) is 23.3 Å². The smallest absolute Gasteiger partial charge is 0.292 e. The van der Waals surface area contributed by atoms with Crippen LogP contribution in [0, 0.1) is 10.1 Å². The molecule has 0 radical (unpaired) electrons. The summed E-state index contributed by atoms with van der Waals surface area (Å²) in [7, 11) is 0. The Hall–Kier alpha value is -2.88. The van der Waals surface area contributed by atoms with Gasteiger partial charge in [0.1, 0.15) is 5.69 Å². The standard InChI is InChI=1S/C18H30N8O3/c1-13(2)20-7-9-25(10-8-21-14(3)4)18(27)12-22-16-6-5-15(23-24-19)11-17(16)26(28)29/h5-6,11,13-14,20-22H,7-10,12H2,1-4H3. The average molecular weight is 406 g/mol. The van der Waals surface area contributed by atoms with Gasteiger partial charge >= 0.3 is 0 Å². The molecule has 0 aliphatic rings. The van der Waals surface area contributed by atoms with Crippen molar-refractivity contribution in [2.75, 3.05) is 38.0 Å². The molecule has 0 spiro atoms. The summed E-state index contributed by atoms with van der Waals surface area (Å²) in [5, 5.41) is 24.1. The Morgan fingerprint density at radius 3 is 2.28 bits per heavy atom. The molecule has 11 heteroatoms. The molecule has 0 fully saturated rings. The minimum absolute atomic E-state index is 0.0783. The van der Waals surface area contributed by atoms with E-state index in [-0.39, 0.29) is 29.5 Å². The Labute approximate surface area is 170 Å². The van der Waals surface area contributed by atoms with Gasteiger partial charge in [0.2, 0.25) is 5.91 Å². The van der Waals surface area contributed by atoms with Crippen molar-refractivity contribution in [3.05, 3.63) is 38.8 Å². The van der Waals surface area contributed by atoms with Gasteiger partial charge in [-0.3, -0.25) is 14.9 Å². The van der Waals surface area contributed by atoms with Crippen LogP contribution in [0.3, 0.4) is 0 Å². The molecule has 1 aromatic carbocycles. The van der Waals surface area contributed by atoms with E-state index < -0.39 is 4.92 Å². The van der Waals surface area contributed by atoms with Gasteiger partial charge < -0.3 is 20.9 Å². The van der Waals surface area contributed by atoms with E-state index in [1.54, 1.807) is 4.90 Å². The number of nitrogens with one attached hydrogen (secondary N) is 3. The first-order valence-electron chi connectivity index (χ1n) is 9.56. The van der Waals surface area contributed by atoms with Gasteiger partial charge in [-0.1, -0.05) is 38.9 Å². The van der Waals surface area contributed by atoms with Crippen molar-refractivity contribution >= 4 is 23.0 Å². The molecule has 0 saturated heterocycles. The van der Waals surface area contributed by atoms with Crippen molar-refractivity contribution in [1.82, 2.24) is 15.5 Å². The molecule has 0 aliphatic carbocycles. The summed E-state index contributed by atoms with van der Waals surface area (Å²) < 4.78 is 0. The molecule has 3 N–H and O–H groups in total. The number of nitro groups is 1. The highest BCUT2D eigenvalue weighted by Crippen LogP contribution is 2.29. The minimum Gasteiger partial charge on any atom is -0.371 e. The van der Waals surface area contributed by atoms with Crippen LogP contribution in [0.2, 0.25) is 0 Å². The van der Waals surface area contributed by atoms with Crippen LogP contribution in [0.25, 0.3) is 10.4 Å². The third-order valence-electron chi connectivity index (χ3n) is 3.99. The van der Waals surface area contributed by atoms with Crippen LogP contribution in [0.1, 0.15) is 27.7 Å². The average Bonchev–Trinajstić information content (AvgIpc) is 2.65. The number of nitro benzene ring substituents is 1. The Bertz CT molecular complexity index is 718. The lowest BCUT2D eigenvalue weighted by Crippen LogP contribution is -2.44. The van der Waals surface area contributed by atoms with Gasteiger partial charge in [0.25, 0.3) is 5.69 Å². The summed E-state index contributed by atoms with van der Waals surface area (Å²) in [4.78, 5) is 27.7. The topological polar surface area (TPSA) is 148 Å². The third kappa shape index (κ3) is 9.24. The lowest BCUT2D eigenvalue weighted by Gasteiger charge is -2.24. The zero-order valence-electron chi connectivity index (χ0n) is 17.4. The lowest BCUT2D eigenvalue weighted by atomic mass is 10.2. The molecule has 0 aromatic heterocycles. The number of carbonyl (C=O) groups is 1. The number of azide groups is 1. The second-order valence-electron chi connectivity index (χ2n) is 7.10. The molecule has 11 nitrogen and oxygen atoms in total. The molecule has 0 bridgehead atoms. The highest BCUT2D eigenvalue weighted by atomic mass is 16.6. The summed E-state index contributed by atoms with van der Waals surface area (Å²) in [5.74, 6) is -0.158. The van der Waals surface area contributed by atoms with Crippen molar-refractivity contribution in [1.29, 1.82) is 0 Å². The van der Waals surface area contributed by atoms with Crippen LogP contribution in [0.5, 0.6) is 0 Å². The number of carbonyl (C=O) groups excluding carboxylic acids is 1. The Morgan fingerprint density at radius 2 is 1.79 bits per heavy atom. The van der Waals surface area contributed by atoms with Crippen molar-refractivity contribution in [2.24, 2.45) is 5.11 Å². The molecule has 0 aliphatic heterocycles. The molecule has 0 unspecified atom stereocenters. The highest BCUT2D eigenvalue weighted by Gasteiger charge is 2.18. The zero-order valence-corrected chi connectivity index (χ0v) is 17.4. The van der Waals surface area contributed by atoms with Crippen molar-refractivity contribution < 1.29 is 9.72 Å². The van der Waals surface area contributed by atoms with Gasteiger partial charge in [0.15, 0.2) is 0 Å². The molecule has 0 atom stereocenters. The maximum absolute atomic E-state index is 12.7. The number of amides is 1. The Balaban J connectivity index is 2.79. The van der Waals surface area contributed by atoms with E-state index in [1.165, 1.54) is 18.2 Å². The summed E-state index contributed by atoms with van der Waals surface area (Å²) in [5.41, 5.74) is 8.56. The molecule has 1 amide bonds. The van der Waals surface area contributed by atoms with E-state index in [1.807, 2.05) is 27.7 Å². The molecule has 160 valence electrons. The number of hydrogen-bond acceptors (Lipinski definition) is 7. The number of benzene rings is 1. The molecule has 29 heavy (non-hydrogen) atoms. The third-order valence-corrected chi connectivity index (χ3v) is 3.99. The minimum atomic E-state index is -0.583. The highest BCUT2D eigenvalue weighted by molar-refractivity contribution is 5.82. The van der Waals surface area contributed by atoms with Crippen LogP contribution >= 0.6 is 0 Å². The van der Waals surface area contributed by atoms with Crippen molar-refractivity contribution in [2.45, 2.75) is 39.8 Å². The maximum atomic E-state index is 12.7. The largest absolute Gasteiger partial charge is 0.371 e. The van der Waals surface area contributed by atoms with E-state index in [4.69, 9.17) is 5.53 Å². The van der Waals surface area contributed by atoms with E-state index in [2.05, 4.69) is 26.0 Å². The lowest BCUT2D eigenvalue weighted by molar-refractivity contribution is -0.383. The van der Waals surface area contributed by atoms with E-state index in [0.29, 0.717) is 38.3 Å². The number of hydrogen-bond donors (Lipinski definition) is 3. The molecular formula is C18H30N8O3. The quantitative estimate of drug-likeness (QED) is 0.151. The number of rotatable bonds is 13. The van der Waals surface area contributed by atoms with Crippen LogP contribution < -0.4 is 16.0 Å². The van der Waals surface area contributed by atoms with Crippen molar-refractivity contribution in [3.8, 4) is 0 Å². The van der Waals surface area contributed by atoms with Gasteiger partial charge in [-0.15, -0.1) is 0 Å². The first-order chi connectivity index (χ1) is 13.7. The van der Waals surface area contributed by atoms with Gasteiger partial charge in [0.05, 0.1) is 11.5 Å². The number of nitrogens with zero attached hydrogens (tertiary/aromatic N) is 5. The summed E-state index contributed by atoms with van der Waals surface area (Å²) in [6, 6.07) is 4.69. The van der Waals surface area contributed by atoms with Gasteiger partial charge in [0, 0.05) is 54.9 Å². The SMILES string of the molecule is CC(C)NCCN(CCNC(C)C)C(=O)CNc1ccc(N=[N+]=[N-])cc1[N+](=O)[O-].